The molecule has 0 radical (unpaired) electrons. The van der Waals surface area contributed by atoms with Crippen LogP contribution < -0.4 is 11.1 Å². The number of primary amides is 1. The predicted molar refractivity (Wildman–Crippen MR) is 93.6 cm³/mol. The summed E-state index contributed by atoms with van der Waals surface area (Å²) < 4.78 is 5.26. The molecule has 0 aliphatic heterocycles. The van der Waals surface area contributed by atoms with Gasteiger partial charge >= 0.3 is 12.0 Å². The Morgan fingerprint density at radius 2 is 1.72 bits per heavy atom. The van der Waals surface area contributed by atoms with E-state index in [1.807, 2.05) is 7.05 Å². The van der Waals surface area contributed by atoms with E-state index in [0.717, 1.165) is 19.3 Å². The van der Waals surface area contributed by atoms with Crippen molar-refractivity contribution >= 4 is 17.9 Å². The Bertz CT molecular complexity index is 489. The van der Waals surface area contributed by atoms with Crippen LogP contribution in [0.15, 0.2) is 0 Å². The fourth-order valence-electron chi connectivity index (χ4n) is 4.08. The van der Waals surface area contributed by atoms with E-state index < -0.39 is 6.03 Å². The van der Waals surface area contributed by atoms with Gasteiger partial charge in [-0.15, -0.1) is 0 Å². The van der Waals surface area contributed by atoms with Crippen LogP contribution in [0.5, 0.6) is 0 Å². The molecule has 2 fully saturated rings. The quantitative estimate of drug-likeness (QED) is 0.736. The van der Waals surface area contributed by atoms with E-state index in [1.165, 1.54) is 6.42 Å². The smallest absolute Gasteiger partial charge is 0.312 e. The number of likely N-dealkylation sites (N-methyl/N-ethyl adjacent to an activating group) is 1. The van der Waals surface area contributed by atoms with Gasteiger partial charge in [0.05, 0.1) is 5.92 Å². The first-order valence-electron chi connectivity index (χ1n) is 9.36. The Hall–Kier alpha value is -1.79. The third-order valence-electron chi connectivity index (χ3n) is 5.70. The van der Waals surface area contributed by atoms with Crippen LogP contribution in [0.4, 0.5) is 4.79 Å². The van der Waals surface area contributed by atoms with Gasteiger partial charge in [0, 0.05) is 19.1 Å². The van der Waals surface area contributed by atoms with Gasteiger partial charge in [-0.25, -0.2) is 4.79 Å². The molecule has 25 heavy (non-hydrogen) atoms. The van der Waals surface area contributed by atoms with Gasteiger partial charge in [0.15, 0.2) is 6.61 Å². The van der Waals surface area contributed by atoms with Crippen molar-refractivity contribution in [1.29, 1.82) is 0 Å². The SMILES string of the molecule is C[C@@H]1CCCC[C@@H]1N(C)C(=O)COC(=O)C1CCC(NC(N)=O)CC1. The number of rotatable bonds is 5. The molecule has 0 spiro atoms. The molecule has 142 valence electrons. The molecule has 0 aromatic rings. The Morgan fingerprint density at radius 1 is 1.08 bits per heavy atom. The maximum Gasteiger partial charge on any atom is 0.312 e. The Balaban J connectivity index is 1.72. The number of nitrogens with two attached hydrogens (primary N) is 1. The molecule has 7 heteroatoms. The summed E-state index contributed by atoms with van der Waals surface area (Å²) in [4.78, 5) is 37.1. The number of nitrogens with one attached hydrogen (secondary N) is 1. The van der Waals surface area contributed by atoms with Gasteiger partial charge in [0.1, 0.15) is 0 Å². The highest BCUT2D eigenvalue weighted by atomic mass is 16.5. The summed E-state index contributed by atoms with van der Waals surface area (Å²) in [7, 11) is 1.81. The molecule has 0 aromatic heterocycles. The highest BCUT2D eigenvalue weighted by Crippen LogP contribution is 2.28. The van der Waals surface area contributed by atoms with E-state index in [2.05, 4.69) is 12.2 Å². The molecule has 2 atom stereocenters. The Morgan fingerprint density at radius 3 is 2.32 bits per heavy atom. The van der Waals surface area contributed by atoms with Crippen LogP contribution in [-0.2, 0) is 14.3 Å². The topological polar surface area (TPSA) is 102 Å². The minimum atomic E-state index is -0.531. The number of amides is 3. The molecule has 2 aliphatic carbocycles. The average Bonchev–Trinajstić information content (AvgIpc) is 2.59. The molecule has 0 aromatic carbocycles. The van der Waals surface area contributed by atoms with Crippen LogP contribution in [0.3, 0.4) is 0 Å². The third kappa shape index (κ3) is 5.61. The van der Waals surface area contributed by atoms with Crippen LogP contribution in [0.1, 0.15) is 58.3 Å². The number of nitrogens with zero attached hydrogens (tertiary/aromatic N) is 1. The number of carbonyl (C=O) groups is 3. The van der Waals surface area contributed by atoms with Gasteiger partial charge < -0.3 is 20.7 Å². The second kappa shape index (κ2) is 9.06. The summed E-state index contributed by atoms with van der Waals surface area (Å²) in [6, 6.07) is -0.256. The lowest BCUT2D eigenvalue weighted by atomic mass is 9.85. The van der Waals surface area contributed by atoms with Gasteiger partial charge in [-0.2, -0.15) is 0 Å². The van der Waals surface area contributed by atoms with Crippen molar-refractivity contribution in [3.05, 3.63) is 0 Å². The highest BCUT2D eigenvalue weighted by molar-refractivity contribution is 5.81. The number of carbonyl (C=O) groups excluding carboxylic acids is 3. The van der Waals surface area contributed by atoms with Gasteiger partial charge in [-0.05, 0) is 44.4 Å². The van der Waals surface area contributed by atoms with E-state index in [-0.39, 0.29) is 36.5 Å². The van der Waals surface area contributed by atoms with Gasteiger partial charge in [-0.1, -0.05) is 19.8 Å². The Labute approximate surface area is 149 Å². The van der Waals surface area contributed by atoms with E-state index in [9.17, 15) is 14.4 Å². The number of urea groups is 1. The molecule has 0 saturated heterocycles. The zero-order chi connectivity index (χ0) is 18.4. The first-order chi connectivity index (χ1) is 11.9. The summed E-state index contributed by atoms with van der Waals surface area (Å²) in [5.74, 6) is -0.142. The number of hydrogen-bond donors (Lipinski definition) is 2. The lowest BCUT2D eigenvalue weighted by molar-refractivity contribution is -0.157. The first kappa shape index (κ1) is 19.5. The summed E-state index contributed by atoms with van der Waals surface area (Å²) in [5, 5.41) is 2.67. The maximum absolute atomic E-state index is 12.3. The second-order valence-electron chi connectivity index (χ2n) is 7.50. The molecular formula is C18H31N3O4. The Kier molecular flexibility index (Phi) is 7.08. The average molecular weight is 353 g/mol. The predicted octanol–water partition coefficient (Wildman–Crippen LogP) is 1.79. The van der Waals surface area contributed by atoms with Crippen molar-refractivity contribution < 1.29 is 19.1 Å². The zero-order valence-corrected chi connectivity index (χ0v) is 15.3. The summed E-state index contributed by atoms with van der Waals surface area (Å²) in [5.41, 5.74) is 5.11. The summed E-state index contributed by atoms with van der Waals surface area (Å²) >= 11 is 0. The van der Waals surface area contributed by atoms with Gasteiger partial charge in [-0.3, -0.25) is 9.59 Å². The van der Waals surface area contributed by atoms with Crippen molar-refractivity contribution in [1.82, 2.24) is 10.2 Å². The van der Waals surface area contributed by atoms with Crippen molar-refractivity contribution in [3.8, 4) is 0 Å². The van der Waals surface area contributed by atoms with E-state index >= 15 is 0 Å². The van der Waals surface area contributed by atoms with Gasteiger partial charge in [0.2, 0.25) is 0 Å². The highest BCUT2D eigenvalue weighted by Gasteiger charge is 2.30. The van der Waals surface area contributed by atoms with Crippen molar-refractivity contribution in [2.45, 2.75) is 70.4 Å². The van der Waals surface area contributed by atoms with Crippen LogP contribution >= 0.6 is 0 Å². The zero-order valence-electron chi connectivity index (χ0n) is 15.3. The van der Waals surface area contributed by atoms with Crippen LogP contribution in [-0.4, -0.2) is 48.5 Å². The normalized spacial score (nSPS) is 29.5. The number of esters is 1. The third-order valence-corrected chi connectivity index (χ3v) is 5.70. The van der Waals surface area contributed by atoms with Gasteiger partial charge in [0.25, 0.3) is 5.91 Å². The monoisotopic (exact) mass is 353 g/mol. The molecule has 7 nitrogen and oxygen atoms in total. The molecule has 0 heterocycles. The van der Waals surface area contributed by atoms with Crippen LogP contribution in [0, 0.1) is 11.8 Å². The molecular weight excluding hydrogens is 322 g/mol. The molecule has 0 bridgehead atoms. The molecule has 2 aliphatic rings. The summed E-state index contributed by atoms with van der Waals surface area (Å²) in [6.45, 7) is 2.00. The fourth-order valence-corrected chi connectivity index (χ4v) is 4.08. The van der Waals surface area contributed by atoms with E-state index in [0.29, 0.717) is 31.6 Å². The fraction of sp³-hybridized carbons (Fsp3) is 0.833. The number of ether oxygens (including phenoxy) is 1. The van der Waals surface area contributed by atoms with Crippen LogP contribution in [0.2, 0.25) is 0 Å². The first-order valence-corrected chi connectivity index (χ1v) is 9.36. The minimum Gasteiger partial charge on any atom is -0.455 e. The minimum absolute atomic E-state index is 0.0297. The standard InChI is InChI=1S/C18H31N3O4/c1-12-5-3-4-6-15(12)21(2)16(22)11-25-17(23)13-7-9-14(10-8-13)20-18(19)24/h12-15H,3-11H2,1-2H3,(H3,19,20,24)/t12-,13?,14?,15+/m1/s1. The molecule has 3 amide bonds. The largest absolute Gasteiger partial charge is 0.455 e. The van der Waals surface area contributed by atoms with E-state index in [1.54, 1.807) is 4.90 Å². The van der Waals surface area contributed by atoms with Crippen molar-refractivity contribution in [2.75, 3.05) is 13.7 Å². The van der Waals surface area contributed by atoms with E-state index in [4.69, 9.17) is 10.5 Å². The molecule has 2 saturated carbocycles. The van der Waals surface area contributed by atoms with Crippen LogP contribution in [0.25, 0.3) is 0 Å². The lowest BCUT2D eigenvalue weighted by Gasteiger charge is -2.36. The molecule has 3 N–H and O–H groups in total. The second-order valence-corrected chi connectivity index (χ2v) is 7.50. The maximum atomic E-state index is 12.3. The molecule has 2 rings (SSSR count). The lowest BCUT2D eigenvalue weighted by Crippen LogP contribution is -2.45. The number of hydrogen-bond acceptors (Lipinski definition) is 4. The molecule has 0 unspecified atom stereocenters. The van der Waals surface area contributed by atoms with Crippen molar-refractivity contribution in [2.24, 2.45) is 17.6 Å². The van der Waals surface area contributed by atoms with Crippen molar-refractivity contribution in [3.63, 3.8) is 0 Å². The summed E-state index contributed by atoms with van der Waals surface area (Å²) in [6.07, 6.45) is 7.24.